The van der Waals surface area contributed by atoms with Gasteiger partial charge in [-0.15, -0.1) is 10.2 Å². The minimum absolute atomic E-state index is 0.345. The van der Waals surface area contributed by atoms with Gasteiger partial charge in [-0.2, -0.15) is 0 Å². The van der Waals surface area contributed by atoms with Crippen molar-refractivity contribution in [3.8, 4) is 0 Å². The van der Waals surface area contributed by atoms with Gasteiger partial charge in [0.05, 0.1) is 0 Å². The summed E-state index contributed by atoms with van der Waals surface area (Å²) < 4.78 is 0. The van der Waals surface area contributed by atoms with E-state index < -0.39 is 0 Å². The van der Waals surface area contributed by atoms with Crippen molar-refractivity contribution in [1.29, 1.82) is 0 Å². The van der Waals surface area contributed by atoms with E-state index in [-0.39, 0.29) is 0 Å². The van der Waals surface area contributed by atoms with Crippen molar-refractivity contribution in [3.63, 3.8) is 0 Å². The Morgan fingerprint density at radius 2 is 1.35 bits per heavy atom. The van der Waals surface area contributed by atoms with Gasteiger partial charge in [-0.1, -0.05) is 34.8 Å². The normalized spacial score (nSPS) is 10.3. The fraction of sp³-hybridized carbons (Fsp3) is 0. The topological polar surface area (TPSA) is 61.9 Å². The Hall–Kier alpha value is -2.12. The van der Waals surface area contributed by atoms with Crippen LogP contribution < -0.4 is 16.0 Å². The zero-order valence-corrected chi connectivity index (χ0v) is 16.2. The van der Waals surface area contributed by atoms with Crippen LogP contribution in [-0.2, 0) is 0 Å². The third-order valence-corrected chi connectivity index (χ3v) is 4.01. The van der Waals surface area contributed by atoms with Crippen molar-refractivity contribution in [1.82, 2.24) is 10.2 Å². The summed E-state index contributed by atoms with van der Waals surface area (Å²) in [7, 11) is 0. The van der Waals surface area contributed by atoms with E-state index in [0.29, 0.717) is 31.8 Å². The SMILES string of the molecule is S=C(Nc1ccc(Nc2ccc(Cl)nn2)cc1)Nc1cc(Cl)cc(Cl)c1. The number of nitrogens with zero attached hydrogens (tertiary/aromatic N) is 2. The molecule has 0 spiro atoms. The van der Waals surface area contributed by atoms with Gasteiger partial charge in [0.2, 0.25) is 0 Å². The van der Waals surface area contributed by atoms with Gasteiger partial charge in [-0.25, -0.2) is 0 Å². The van der Waals surface area contributed by atoms with E-state index >= 15 is 0 Å². The maximum atomic E-state index is 5.97. The summed E-state index contributed by atoms with van der Waals surface area (Å²) in [5.41, 5.74) is 2.38. The number of thiocarbonyl (C=S) groups is 1. The summed E-state index contributed by atoms with van der Waals surface area (Å²) >= 11 is 23.0. The molecule has 0 aliphatic heterocycles. The van der Waals surface area contributed by atoms with Gasteiger partial charge in [-0.05, 0) is 66.8 Å². The average Bonchev–Trinajstić information content (AvgIpc) is 2.57. The Morgan fingerprint density at radius 3 is 1.96 bits per heavy atom. The van der Waals surface area contributed by atoms with Gasteiger partial charge >= 0.3 is 0 Å². The minimum Gasteiger partial charge on any atom is -0.339 e. The maximum absolute atomic E-state index is 5.97. The van der Waals surface area contributed by atoms with E-state index in [1.807, 2.05) is 24.3 Å². The number of hydrogen-bond donors (Lipinski definition) is 3. The van der Waals surface area contributed by atoms with Gasteiger partial charge in [0.1, 0.15) is 0 Å². The van der Waals surface area contributed by atoms with E-state index in [1.165, 1.54) is 0 Å². The van der Waals surface area contributed by atoms with Crippen LogP contribution in [0.15, 0.2) is 54.6 Å². The molecule has 132 valence electrons. The van der Waals surface area contributed by atoms with Gasteiger partial charge in [0, 0.05) is 27.1 Å². The molecule has 1 heterocycles. The summed E-state index contributed by atoms with van der Waals surface area (Å²) in [6.07, 6.45) is 0. The highest BCUT2D eigenvalue weighted by atomic mass is 35.5. The highest BCUT2D eigenvalue weighted by Crippen LogP contribution is 2.23. The lowest BCUT2D eigenvalue weighted by Crippen LogP contribution is -2.19. The zero-order valence-electron chi connectivity index (χ0n) is 13.1. The molecule has 3 N–H and O–H groups in total. The van der Waals surface area contributed by atoms with Crippen LogP contribution >= 0.6 is 47.0 Å². The lowest BCUT2D eigenvalue weighted by Gasteiger charge is -2.12. The molecule has 26 heavy (non-hydrogen) atoms. The van der Waals surface area contributed by atoms with Crippen LogP contribution in [0.25, 0.3) is 0 Å². The maximum Gasteiger partial charge on any atom is 0.175 e. The van der Waals surface area contributed by atoms with Crippen molar-refractivity contribution in [2.24, 2.45) is 0 Å². The van der Waals surface area contributed by atoms with Crippen LogP contribution in [0, 0.1) is 0 Å². The van der Waals surface area contributed by atoms with E-state index in [4.69, 9.17) is 47.0 Å². The van der Waals surface area contributed by atoms with E-state index in [2.05, 4.69) is 26.1 Å². The molecule has 5 nitrogen and oxygen atoms in total. The number of anilines is 4. The fourth-order valence-electron chi connectivity index (χ4n) is 2.09. The molecule has 0 aliphatic carbocycles. The summed E-state index contributed by atoms with van der Waals surface area (Å²) in [6.45, 7) is 0. The minimum atomic E-state index is 0.345. The number of aromatic nitrogens is 2. The Labute approximate surface area is 170 Å². The second kappa shape index (κ2) is 8.51. The summed E-state index contributed by atoms with van der Waals surface area (Å²) in [4.78, 5) is 0. The second-order valence-electron chi connectivity index (χ2n) is 5.18. The van der Waals surface area contributed by atoms with Crippen molar-refractivity contribution in [3.05, 3.63) is 69.8 Å². The number of rotatable bonds is 4. The molecule has 0 atom stereocenters. The predicted molar refractivity (Wildman–Crippen MR) is 113 cm³/mol. The fourth-order valence-corrected chi connectivity index (χ4v) is 2.95. The monoisotopic (exact) mass is 423 g/mol. The molecule has 3 rings (SSSR count). The highest BCUT2D eigenvalue weighted by molar-refractivity contribution is 7.80. The summed E-state index contributed by atoms with van der Waals surface area (Å²) in [5, 5.41) is 18.8. The second-order valence-corrected chi connectivity index (χ2v) is 6.85. The van der Waals surface area contributed by atoms with Crippen molar-refractivity contribution >= 4 is 75.0 Å². The summed E-state index contributed by atoms with van der Waals surface area (Å²) in [6, 6.07) is 16.1. The van der Waals surface area contributed by atoms with Crippen molar-refractivity contribution in [2.75, 3.05) is 16.0 Å². The Bertz CT molecular complexity index is 896. The van der Waals surface area contributed by atoms with Crippen LogP contribution in [0.3, 0.4) is 0 Å². The highest BCUT2D eigenvalue weighted by Gasteiger charge is 2.03. The largest absolute Gasteiger partial charge is 0.339 e. The number of hydrogen-bond acceptors (Lipinski definition) is 4. The quantitative estimate of drug-likeness (QED) is 0.447. The average molecular weight is 425 g/mol. The number of nitrogens with one attached hydrogen (secondary N) is 3. The smallest absolute Gasteiger partial charge is 0.175 e. The first-order valence-corrected chi connectivity index (χ1v) is 8.92. The van der Waals surface area contributed by atoms with Gasteiger partial charge in [0.25, 0.3) is 0 Å². The van der Waals surface area contributed by atoms with Crippen LogP contribution in [0.4, 0.5) is 22.9 Å². The molecular formula is C17H12Cl3N5S. The first-order chi connectivity index (χ1) is 12.5. The molecule has 1 aromatic heterocycles. The molecule has 0 aliphatic rings. The predicted octanol–water partition coefficient (Wildman–Crippen LogP) is 5.99. The molecule has 0 saturated heterocycles. The van der Waals surface area contributed by atoms with E-state index in [1.54, 1.807) is 30.3 Å². The Balaban J connectivity index is 1.59. The molecule has 0 radical (unpaired) electrons. The van der Waals surface area contributed by atoms with Crippen molar-refractivity contribution in [2.45, 2.75) is 0 Å². The Kier molecular flexibility index (Phi) is 6.11. The lowest BCUT2D eigenvalue weighted by molar-refractivity contribution is 1.04. The van der Waals surface area contributed by atoms with E-state index in [0.717, 1.165) is 11.4 Å². The van der Waals surface area contributed by atoms with Crippen molar-refractivity contribution < 1.29 is 0 Å². The van der Waals surface area contributed by atoms with Gasteiger partial charge in [0.15, 0.2) is 16.1 Å². The lowest BCUT2D eigenvalue weighted by atomic mass is 10.3. The molecule has 0 bridgehead atoms. The van der Waals surface area contributed by atoms with Gasteiger partial charge in [-0.3, -0.25) is 0 Å². The number of halogens is 3. The van der Waals surface area contributed by atoms with Crippen LogP contribution in [0.2, 0.25) is 15.2 Å². The molecule has 0 saturated carbocycles. The third-order valence-electron chi connectivity index (χ3n) is 3.17. The molecular weight excluding hydrogens is 413 g/mol. The zero-order chi connectivity index (χ0) is 18.5. The molecule has 0 unspecified atom stereocenters. The first kappa shape index (κ1) is 18.7. The summed E-state index contributed by atoms with van der Waals surface area (Å²) in [5.74, 6) is 0.602. The van der Waals surface area contributed by atoms with Crippen LogP contribution in [0.5, 0.6) is 0 Å². The molecule has 3 aromatic rings. The number of benzene rings is 2. The van der Waals surface area contributed by atoms with Crippen LogP contribution in [-0.4, -0.2) is 15.3 Å². The standard InChI is InChI=1S/C17H12Cl3N5S/c18-10-7-11(19)9-14(8-10)23-17(26)22-13-3-1-12(2-4-13)21-16-6-5-15(20)24-25-16/h1-9H,(H,21,25)(H2,22,23,26). The molecule has 0 fully saturated rings. The first-order valence-electron chi connectivity index (χ1n) is 7.38. The third kappa shape index (κ3) is 5.44. The molecule has 2 aromatic carbocycles. The van der Waals surface area contributed by atoms with Crippen LogP contribution in [0.1, 0.15) is 0 Å². The molecule has 9 heteroatoms. The van der Waals surface area contributed by atoms with E-state index in [9.17, 15) is 0 Å². The Morgan fingerprint density at radius 1 is 0.731 bits per heavy atom. The molecule has 0 amide bonds. The van der Waals surface area contributed by atoms with Gasteiger partial charge < -0.3 is 16.0 Å².